The topological polar surface area (TPSA) is 179 Å². The van der Waals surface area contributed by atoms with Crippen molar-refractivity contribution in [2.24, 2.45) is 10.7 Å². The SMILES string of the molecule is NC(C(=O)NC[C@@H](O)CO)c1nonc1C(=NC1CCc2ccc(F)c(F)c21)NO. The number of fused-ring (bicyclic) bond motifs is 1. The number of amidine groups is 1. The van der Waals surface area contributed by atoms with Crippen LogP contribution in [0.1, 0.15) is 41.0 Å². The second-order valence-electron chi connectivity index (χ2n) is 6.64. The Kier molecular flexibility index (Phi) is 6.66. The lowest BCUT2D eigenvalue weighted by Crippen LogP contribution is -2.40. The molecule has 162 valence electrons. The third kappa shape index (κ3) is 4.28. The van der Waals surface area contributed by atoms with Crippen LogP contribution in [0.4, 0.5) is 8.78 Å². The fourth-order valence-electron chi connectivity index (χ4n) is 3.13. The number of carbonyl (C=O) groups is 1. The van der Waals surface area contributed by atoms with Gasteiger partial charge in [0.1, 0.15) is 11.7 Å². The van der Waals surface area contributed by atoms with E-state index in [-0.39, 0.29) is 29.3 Å². The Morgan fingerprint density at radius 3 is 2.87 bits per heavy atom. The molecule has 30 heavy (non-hydrogen) atoms. The standard InChI is InChI=1S/C17H20F2N6O5/c18-9-3-1-7-2-4-10(11(7)12(9)19)22-16(23-29)15-14(24-30-25-15)13(20)17(28)21-5-8(27)6-26/h1,3,8,10,13,26-27,29H,2,4-6,20H2,(H,21,28)(H,22,23)/t8-,10?,13?/m1/s1. The van der Waals surface area contributed by atoms with E-state index in [4.69, 9.17) is 10.8 Å². The molecule has 1 aromatic heterocycles. The molecule has 1 amide bonds. The number of hydrogen-bond acceptors (Lipinski definition) is 9. The summed E-state index contributed by atoms with van der Waals surface area (Å²) >= 11 is 0. The number of amides is 1. The van der Waals surface area contributed by atoms with Gasteiger partial charge in [-0.3, -0.25) is 20.5 Å². The first-order valence-corrected chi connectivity index (χ1v) is 8.97. The summed E-state index contributed by atoms with van der Waals surface area (Å²) in [5.74, 6) is -3.10. The summed E-state index contributed by atoms with van der Waals surface area (Å²) in [6.45, 7) is -0.815. The fraction of sp³-hybridized carbons (Fsp3) is 0.412. The third-order valence-corrected chi connectivity index (χ3v) is 4.67. The Labute approximate surface area is 168 Å². The monoisotopic (exact) mass is 426 g/mol. The van der Waals surface area contributed by atoms with Crippen LogP contribution in [-0.4, -0.2) is 56.7 Å². The van der Waals surface area contributed by atoms with Crippen molar-refractivity contribution >= 4 is 11.7 Å². The van der Waals surface area contributed by atoms with E-state index in [1.54, 1.807) is 5.48 Å². The number of aromatic nitrogens is 2. The van der Waals surface area contributed by atoms with Gasteiger partial charge < -0.3 is 21.3 Å². The average molecular weight is 426 g/mol. The number of halogens is 2. The Morgan fingerprint density at radius 2 is 2.17 bits per heavy atom. The fourth-order valence-corrected chi connectivity index (χ4v) is 3.13. The summed E-state index contributed by atoms with van der Waals surface area (Å²) in [5.41, 5.74) is 7.91. The van der Waals surface area contributed by atoms with E-state index in [2.05, 4.69) is 25.3 Å². The van der Waals surface area contributed by atoms with Gasteiger partial charge in [0.2, 0.25) is 5.91 Å². The van der Waals surface area contributed by atoms with Gasteiger partial charge in [-0.1, -0.05) is 11.2 Å². The van der Waals surface area contributed by atoms with E-state index in [9.17, 15) is 23.9 Å². The van der Waals surface area contributed by atoms with Crippen LogP contribution in [0.2, 0.25) is 0 Å². The molecule has 1 heterocycles. The second-order valence-corrected chi connectivity index (χ2v) is 6.64. The Bertz CT molecular complexity index is 953. The number of nitrogens with two attached hydrogens (primary N) is 1. The van der Waals surface area contributed by atoms with Crippen LogP contribution in [0.25, 0.3) is 0 Å². The van der Waals surface area contributed by atoms with Crippen molar-refractivity contribution in [1.82, 2.24) is 21.1 Å². The van der Waals surface area contributed by atoms with E-state index in [1.165, 1.54) is 6.07 Å². The van der Waals surface area contributed by atoms with E-state index in [1.807, 2.05) is 0 Å². The summed E-state index contributed by atoms with van der Waals surface area (Å²) in [5, 5.41) is 37.1. The van der Waals surface area contributed by atoms with Gasteiger partial charge in [-0.05, 0) is 29.6 Å². The zero-order chi connectivity index (χ0) is 21.8. The minimum atomic E-state index is -1.42. The van der Waals surface area contributed by atoms with E-state index in [0.29, 0.717) is 18.4 Å². The lowest BCUT2D eigenvalue weighted by molar-refractivity contribution is -0.123. The number of rotatable bonds is 7. The highest BCUT2D eigenvalue weighted by atomic mass is 19.2. The van der Waals surface area contributed by atoms with Gasteiger partial charge in [0.25, 0.3) is 0 Å². The van der Waals surface area contributed by atoms with Crippen LogP contribution in [0.3, 0.4) is 0 Å². The smallest absolute Gasteiger partial charge is 0.243 e. The van der Waals surface area contributed by atoms with Crippen molar-refractivity contribution in [2.45, 2.75) is 31.0 Å². The number of aliphatic hydroxyl groups excluding tert-OH is 2. The molecule has 1 aliphatic carbocycles. The summed E-state index contributed by atoms with van der Waals surface area (Å²) in [7, 11) is 0. The van der Waals surface area contributed by atoms with Crippen molar-refractivity contribution in [3.63, 3.8) is 0 Å². The first kappa shape index (κ1) is 21.7. The molecule has 11 nitrogen and oxygen atoms in total. The van der Waals surface area contributed by atoms with Gasteiger partial charge in [0.05, 0.1) is 18.8 Å². The lowest BCUT2D eigenvalue weighted by atomic mass is 10.1. The highest BCUT2D eigenvalue weighted by Crippen LogP contribution is 2.37. The van der Waals surface area contributed by atoms with E-state index < -0.39 is 42.3 Å². The quantitative estimate of drug-likeness (QED) is 0.188. The molecular weight excluding hydrogens is 406 g/mol. The van der Waals surface area contributed by atoms with Gasteiger partial charge in [0.15, 0.2) is 23.2 Å². The molecule has 7 N–H and O–H groups in total. The van der Waals surface area contributed by atoms with Crippen molar-refractivity contribution in [2.75, 3.05) is 13.2 Å². The maximum Gasteiger partial charge on any atom is 0.243 e. The number of aryl methyl sites for hydroxylation is 1. The van der Waals surface area contributed by atoms with Crippen LogP contribution in [0.15, 0.2) is 21.8 Å². The zero-order valence-electron chi connectivity index (χ0n) is 15.5. The summed E-state index contributed by atoms with van der Waals surface area (Å²) in [6, 6.07) is 0.274. The number of hydroxylamine groups is 1. The first-order chi connectivity index (χ1) is 14.4. The van der Waals surface area contributed by atoms with Crippen molar-refractivity contribution in [3.8, 4) is 0 Å². The predicted octanol–water partition coefficient (Wildman–Crippen LogP) is -0.770. The average Bonchev–Trinajstić information content (AvgIpc) is 3.39. The maximum atomic E-state index is 14.3. The second kappa shape index (κ2) is 9.21. The third-order valence-electron chi connectivity index (χ3n) is 4.67. The summed E-state index contributed by atoms with van der Waals surface area (Å²) in [6.07, 6.45) is -0.365. The van der Waals surface area contributed by atoms with Gasteiger partial charge in [-0.2, -0.15) is 0 Å². The van der Waals surface area contributed by atoms with Gasteiger partial charge in [-0.15, -0.1) is 0 Å². The molecule has 0 radical (unpaired) electrons. The predicted molar refractivity (Wildman–Crippen MR) is 96.2 cm³/mol. The minimum absolute atomic E-state index is 0.0702. The molecule has 1 aliphatic rings. The van der Waals surface area contributed by atoms with Crippen molar-refractivity contribution in [3.05, 3.63) is 46.3 Å². The number of hydrogen-bond donors (Lipinski definition) is 6. The molecule has 0 bridgehead atoms. The zero-order valence-corrected chi connectivity index (χ0v) is 15.5. The normalized spacial score (nSPS) is 18.1. The molecule has 0 fully saturated rings. The first-order valence-electron chi connectivity index (χ1n) is 8.97. The molecular formula is C17H20F2N6O5. The summed E-state index contributed by atoms with van der Waals surface area (Å²) < 4.78 is 32.5. The Balaban J connectivity index is 1.86. The molecule has 2 aromatic rings. The number of benzene rings is 1. The van der Waals surface area contributed by atoms with E-state index >= 15 is 0 Å². The number of carbonyl (C=O) groups excluding carboxylic acids is 1. The molecule has 1 aromatic carbocycles. The molecule has 13 heteroatoms. The van der Waals surface area contributed by atoms with Crippen LogP contribution in [-0.2, 0) is 11.2 Å². The van der Waals surface area contributed by atoms with Crippen molar-refractivity contribution in [1.29, 1.82) is 0 Å². The van der Waals surface area contributed by atoms with Gasteiger partial charge >= 0.3 is 0 Å². The van der Waals surface area contributed by atoms with Crippen LogP contribution < -0.4 is 16.5 Å². The number of nitrogens with one attached hydrogen (secondary N) is 2. The Hall–Kier alpha value is -3.00. The van der Waals surface area contributed by atoms with Crippen molar-refractivity contribution < 1.29 is 33.6 Å². The highest BCUT2D eigenvalue weighted by molar-refractivity contribution is 5.98. The van der Waals surface area contributed by atoms with Crippen LogP contribution >= 0.6 is 0 Å². The Morgan fingerprint density at radius 1 is 1.40 bits per heavy atom. The molecule has 3 rings (SSSR count). The minimum Gasteiger partial charge on any atom is -0.394 e. The van der Waals surface area contributed by atoms with Gasteiger partial charge in [0, 0.05) is 12.1 Å². The molecule has 0 saturated heterocycles. The number of aliphatic hydroxyl groups is 2. The van der Waals surface area contributed by atoms with Crippen LogP contribution in [0, 0.1) is 11.6 Å². The molecule has 0 spiro atoms. The largest absolute Gasteiger partial charge is 0.394 e. The summed E-state index contributed by atoms with van der Waals surface area (Å²) in [4.78, 5) is 16.4. The highest BCUT2D eigenvalue weighted by Gasteiger charge is 2.31. The van der Waals surface area contributed by atoms with Crippen LogP contribution in [0.5, 0.6) is 0 Å². The van der Waals surface area contributed by atoms with Gasteiger partial charge in [-0.25, -0.2) is 13.4 Å². The molecule has 3 atom stereocenters. The lowest BCUT2D eigenvalue weighted by Gasteiger charge is -2.14. The number of nitrogens with zero attached hydrogens (tertiary/aromatic N) is 3. The van der Waals surface area contributed by atoms with E-state index in [0.717, 1.165) is 6.07 Å². The molecule has 0 aliphatic heterocycles. The number of aliphatic imine (C=N–C) groups is 1. The maximum absolute atomic E-state index is 14.3. The molecule has 0 saturated carbocycles. The molecule has 2 unspecified atom stereocenters.